The Balaban J connectivity index is 3.66. The number of nitriles is 1. The van der Waals surface area contributed by atoms with Crippen LogP contribution in [0.2, 0.25) is 0 Å². The highest BCUT2D eigenvalue weighted by atomic mass is 19.3. The quantitative estimate of drug-likeness (QED) is 0.462. The highest BCUT2D eigenvalue weighted by molar-refractivity contribution is 5.90. The average molecular weight is 257 g/mol. The molecule has 0 spiro atoms. The van der Waals surface area contributed by atoms with E-state index in [-0.39, 0.29) is 0 Å². The summed E-state index contributed by atoms with van der Waals surface area (Å²) in [7, 11) is 0.907. The number of methoxy groups -OCH3 is 1. The normalized spacial score (nSPS) is 9.94. The van der Waals surface area contributed by atoms with Gasteiger partial charge in [-0.25, -0.2) is 18.6 Å². The summed E-state index contributed by atoms with van der Waals surface area (Å²) in [6, 6.07) is 2.02. The summed E-state index contributed by atoms with van der Waals surface area (Å²) in [5.41, 5.74) is -3.66. The Morgan fingerprint density at radius 2 is 2.28 bits per heavy atom. The summed E-state index contributed by atoms with van der Waals surface area (Å²) in [6.45, 7) is 0. The number of esters is 1. The van der Waals surface area contributed by atoms with E-state index in [1.165, 1.54) is 6.07 Å². The first-order chi connectivity index (χ1) is 8.42. The number of ether oxygens (including phenoxy) is 1. The molecule has 1 rings (SSSR count). The average Bonchev–Trinajstić information content (AvgIpc) is 2.35. The Hall–Kier alpha value is -2.63. The molecule has 0 fully saturated rings. The molecule has 7 nitrogen and oxygen atoms in total. The highest BCUT2D eigenvalue weighted by Gasteiger charge is 2.31. The minimum Gasteiger partial charge on any atom is -0.464 e. The number of nitro groups is 1. The lowest BCUT2D eigenvalue weighted by molar-refractivity contribution is -0.386. The summed E-state index contributed by atoms with van der Waals surface area (Å²) in [5, 5.41) is 19.2. The number of carbonyl (C=O) groups is 1. The van der Waals surface area contributed by atoms with Gasteiger partial charge in [0.1, 0.15) is 17.3 Å². The molecular formula is C9H5F2N3O4. The zero-order valence-corrected chi connectivity index (χ0v) is 8.89. The molecular weight excluding hydrogens is 252 g/mol. The van der Waals surface area contributed by atoms with Crippen molar-refractivity contribution < 1.29 is 23.2 Å². The fourth-order valence-corrected chi connectivity index (χ4v) is 1.22. The smallest absolute Gasteiger partial charge is 0.357 e. The topological polar surface area (TPSA) is 106 Å². The highest BCUT2D eigenvalue weighted by Crippen LogP contribution is 2.32. The van der Waals surface area contributed by atoms with Crippen LogP contribution < -0.4 is 0 Å². The maximum atomic E-state index is 12.7. The molecule has 0 bridgehead atoms. The molecule has 18 heavy (non-hydrogen) atoms. The Bertz CT molecular complexity index is 553. The number of carbonyl (C=O) groups excluding carboxylic acids is 1. The van der Waals surface area contributed by atoms with Gasteiger partial charge in [0.25, 0.3) is 12.1 Å². The first-order valence-corrected chi connectivity index (χ1v) is 4.38. The molecule has 0 aliphatic carbocycles. The molecule has 1 aromatic rings. The summed E-state index contributed by atoms with van der Waals surface area (Å²) in [5.74, 6) is -1.27. The molecule has 0 amide bonds. The van der Waals surface area contributed by atoms with Gasteiger partial charge in [0, 0.05) is 0 Å². The number of halogens is 2. The predicted octanol–water partition coefficient (Wildman–Crippen LogP) is 1.59. The molecule has 0 unspecified atom stereocenters. The largest absolute Gasteiger partial charge is 0.464 e. The van der Waals surface area contributed by atoms with E-state index in [0.717, 1.165) is 7.11 Å². The molecule has 9 heteroatoms. The van der Waals surface area contributed by atoms with E-state index in [9.17, 15) is 23.7 Å². The van der Waals surface area contributed by atoms with Gasteiger partial charge in [0.2, 0.25) is 0 Å². The van der Waals surface area contributed by atoms with Gasteiger partial charge in [-0.05, 0) is 0 Å². The second-order valence-electron chi connectivity index (χ2n) is 2.95. The monoisotopic (exact) mass is 257 g/mol. The van der Waals surface area contributed by atoms with Gasteiger partial charge < -0.3 is 4.74 Å². The zero-order valence-electron chi connectivity index (χ0n) is 8.89. The third-order valence-electron chi connectivity index (χ3n) is 1.94. The van der Waals surface area contributed by atoms with Crippen LogP contribution >= 0.6 is 0 Å². The van der Waals surface area contributed by atoms with Crippen molar-refractivity contribution in [1.82, 2.24) is 4.98 Å². The van der Waals surface area contributed by atoms with Crippen LogP contribution in [0.3, 0.4) is 0 Å². The molecule has 0 aromatic carbocycles. The number of hydrogen-bond donors (Lipinski definition) is 0. The van der Waals surface area contributed by atoms with Crippen LogP contribution in [0.15, 0.2) is 6.07 Å². The second kappa shape index (κ2) is 5.13. The predicted molar refractivity (Wildman–Crippen MR) is 51.9 cm³/mol. The maximum absolute atomic E-state index is 12.7. The Morgan fingerprint density at radius 1 is 1.67 bits per heavy atom. The molecule has 0 saturated heterocycles. The summed E-state index contributed by atoms with van der Waals surface area (Å²) in [6.07, 6.45) is -3.29. The Labute approximate surface area is 98.8 Å². The van der Waals surface area contributed by atoms with Crippen molar-refractivity contribution in [2.45, 2.75) is 6.43 Å². The van der Waals surface area contributed by atoms with Crippen molar-refractivity contribution in [3.63, 3.8) is 0 Å². The van der Waals surface area contributed by atoms with Crippen molar-refractivity contribution in [3.8, 4) is 6.07 Å². The second-order valence-corrected chi connectivity index (χ2v) is 2.95. The first kappa shape index (κ1) is 13.4. The number of aromatic nitrogens is 1. The zero-order chi connectivity index (χ0) is 13.9. The lowest BCUT2D eigenvalue weighted by atomic mass is 10.1. The molecule has 0 atom stereocenters. The maximum Gasteiger partial charge on any atom is 0.357 e. The molecule has 0 N–H and O–H groups in total. The number of nitrogens with zero attached hydrogens (tertiary/aromatic N) is 3. The third kappa shape index (κ3) is 2.37. The molecule has 1 aromatic heterocycles. The summed E-state index contributed by atoms with van der Waals surface area (Å²) in [4.78, 5) is 24.1. The van der Waals surface area contributed by atoms with Crippen LogP contribution in [-0.2, 0) is 4.74 Å². The van der Waals surface area contributed by atoms with Crippen LogP contribution in [-0.4, -0.2) is 23.0 Å². The number of hydrogen-bond acceptors (Lipinski definition) is 6. The van der Waals surface area contributed by atoms with E-state index < -0.39 is 40.0 Å². The van der Waals surface area contributed by atoms with Gasteiger partial charge in [0.05, 0.1) is 18.1 Å². The van der Waals surface area contributed by atoms with Crippen molar-refractivity contribution in [1.29, 1.82) is 5.26 Å². The van der Waals surface area contributed by atoms with Crippen LogP contribution in [0, 0.1) is 21.4 Å². The van der Waals surface area contributed by atoms with Crippen LogP contribution in [0.25, 0.3) is 0 Å². The van der Waals surface area contributed by atoms with E-state index in [1.807, 2.05) is 0 Å². The third-order valence-corrected chi connectivity index (χ3v) is 1.94. The van der Waals surface area contributed by atoms with E-state index in [1.54, 1.807) is 0 Å². The van der Waals surface area contributed by atoms with E-state index in [4.69, 9.17) is 5.26 Å². The Kier molecular flexibility index (Phi) is 3.83. The van der Waals surface area contributed by atoms with Gasteiger partial charge in [-0.3, -0.25) is 10.1 Å². The lowest BCUT2D eigenvalue weighted by Gasteiger charge is -2.07. The number of rotatable bonds is 3. The number of pyridine rings is 1. The molecule has 1 heterocycles. The van der Waals surface area contributed by atoms with Crippen LogP contribution in [0.5, 0.6) is 0 Å². The van der Waals surface area contributed by atoms with Gasteiger partial charge in [0.15, 0.2) is 5.69 Å². The van der Waals surface area contributed by atoms with E-state index >= 15 is 0 Å². The van der Waals surface area contributed by atoms with Crippen LogP contribution in [0.1, 0.15) is 28.2 Å². The fraction of sp³-hybridized carbons (Fsp3) is 0.222. The van der Waals surface area contributed by atoms with Crippen LogP contribution in [0.4, 0.5) is 14.5 Å². The van der Waals surface area contributed by atoms with E-state index in [2.05, 4.69) is 9.72 Å². The molecule has 0 aliphatic heterocycles. The first-order valence-electron chi connectivity index (χ1n) is 4.38. The SMILES string of the molecule is COC(=O)c1nc(C#N)cc([N+](=O)[O-])c1C(F)F. The van der Waals surface area contributed by atoms with E-state index in [0.29, 0.717) is 6.07 Å². The minimum absolute atomic E-state index is 0.522. The summed E-state index contributed by atoms with van der Waals surface area (Å²) < 4.78 is 29.7. The number of alkyl halides is 2. The van der Waals surface area contributed by atoms with Gasteiger partial charge in [-0.1, -0.05) is 0 Å². The summed E-state index contributed by atoms with van der Waals surface area (Å²) >= 11 is 0. The molecule has 0 saturated carbocycles. The van der Waals surface area contributed by atoms with Crippen molar-refractivity contribution in [2.24, 2.45) is 0 Å². The molecule has 94 valence electrons. The molecule has 0 radical (unpaired) electrons. The Morgan fingerprint density at radius 3 is 2.67 bits per heavy atom. The minimum atomic E-state index is -3.29. The van der Waals surface area contributed by atoms with Crippen molar-refractivity contribution in [3.05, 3.63) is 33.1 Å². The van der Waals surface area contributed by atoms with Gasteiger partial charge in [-0.15, -0.1) is 0 Å². The van der Waals surface area contributed by atoms with Gasteiger partial charge >= 0.3 is 5.97 Å². The molecule has 0 aliphatic rings. The van der Waals surface area contributed by atoms with Gasteiger partial charge in [-0.2, -0.15) is 5.26 Å². The fourth-order valence-electron chi connectivity index (χ4n) is 1.22. The van der Waals surface area contributed by atoms with Crippen molar-refractivity contribution >= 4 is 11.7 Å². The lowest BCUT2D eigenvalue weighted by Crippen LogP contribution is -2.12. The standard InChI is InChI=1S/C9H5F2N3O4/c1-18-9(15)7-6(8(10)11)5(14(16)17)2-4(3-12)13-7/h2,8H,1H3. The van der Waals surface area contributed by atoms with Crippen molar-refractivity contribution in [2.75, 3.05) is 7.11 Å².